The van der Waals surface area contributed by atoms with Crippen molar-refractivity contribution < 1.29 is 4.79 Å². The lowest BCUT2D eigenvalue weighted by atomic mass is 9.96. The summed E-state index contributed by atoms with van der Waals surface area (Å²) in [6, 6.07) is 0. The highest BCUT2D eigenvalue weighted by molar-refractivity contribution is 5.90. The van der Waals surface area contributed by atoms with Gasteiger partial charge in [-0.05, 0) is 0 Å². The van der Waals surface area contributed by atoms with Crippen molar-refractivity contribution >= 4 is 5.91 Å². The third kappa shape index (κ3) is 2.63. The first-order valence-electron chi connectivity index (χ1n) is 5.91. The fourth-order valence-corrected chi connectivity index (χ4v) is 1.70. The lowest BCUT2D eigenvalue weighted by Gasteiger charge is -2.26. The Morgan fingerprint density at radius 1 is 1.29 bits per heavy atom. The summed E-state index contributed by atoms with van der Waals surface area (Å²) in [6.45, 7) is 9.22. The molecule has 0 aliphatic carbocycles. The Labute approximate surface area is 101 Å². The normalized spacial score (nSPS) is 17.2. The Morgan fingerprint density at radius 2 is 1.94 bits per heavy atom. The van der Waals surface area contributed by atoms with Gasteiger partial charge in [-0.25, -0.2) is 4.98 Å². The van der Waals surface area contributed by atoms with Crippen molar-refractivity contribution in [3.63, 3.8) is 0 Å². The van der Waals surface area contributed by atoms with Crippen molar-refractivity contribution in [1.29, 1.82) is 0 Å². The molecule has 2 heterocycles. The Bertz CT molecular complexity index is 400. The second kappa shape index (κ2) is 4.44. The van der Waals surface area contributed by atoms with Crippen molar-refractivity contribution in [3.05, 3.63) is 11.6 Å². The molecule has 1 aromatic rings. The Morgan fingerprint density at radius 3 is 2.47 bits per heavy atom. The lowest BCUT2D eigenvalue weighted by molar-refractivity contribution is 0.0724. The molecule has 0 aromatic carbocycles. The molecule has 0 spiro atoms. The molecule has 6 heteroatoms. The molecule has 2 rings (SSSR count). The van der Waals surface area contributed by atoms with Gasteiger partial charge in [-0.2, -0.15) is 0 Å². The molecule has 0 unspecified atom stereocenters. The van der Waals surface area contributed by atoms with Crippen LogP contribution in [0.15, 0.2) is 0 Å². The molecule has 17 heavy (non-hydrogen) atoms. The molecular weight excluding hydrogens is 218 g/mol. The summed E-state index contributed by atoms with van der Waals surface area (Å²) in [4.78, 5) is 18.2. The van der Waals surface area contributed by atoms with Gasteiger partial charge in [0.1, 0.15) is 5.82 Å². The highest BCUT2D eigenvalue weighted by Gasteiger charge is 2.25. The fraction of sp³-hybridized carbons (Fsp3) is 0.727. The van der Waals surface area contributed by atoms with Crippen LogP contribution in [0.3, 0.4) is 0 Å². The number of aromatic amines is 1. The van der Waals surface area contributed by atoms with Gasteiger partial charge in [-0.3, -0.25) is 9.89 Å². The van der Waals surface area contributed by atoms with Gasteiger partial charge in [-0.1, -0.05) is 20.8 Å². The van der Waals surface area contributed by atoms with Gasteiger partial charge in [0.25, 0.3) is 5.91 Å². The number of nitrogens with one attached hydrogen (secondary N) is 2. The van der Waals surface area contributed by atoms with E-state index in [9.17, 15) is 4.79 Å². The number of nitrogens with zero attached hydrogens (tertiary/aromatic N) is 3. The van der Waals surface area contributed by atoms with E-state index in [4.69, 9.17) is 0 Å². The summed E-state index contributed by atoms with van der Waals surface area (Å²) in [5.41, 5.74) is -0.116. The molecule has 0 radical (unpaired) electrons. The van der Waals surface area contributed by atoms with Crippen LogP contribution in [0.1, 0.15) is 37.2 Å². The van der Waals surface area contributed by atoms with E-state index in [1.807, 2.05) is 20.8 Å². The van der Waals surface area contributed by atoms with Crippen LogP contribution in [-0.2, 0) is 5.41 Å². The summed E-state index contributed by atoms with van der Waals surface area (Å²) in [5, 5.41) is 10.1. The molecule has 1 aliphatic rings. The molecule has 1 amide bonds. The predicted molar refractivity (Wildman–Crippen MR) is 63.9 cm³/mol. The SMILES string of the molecule is CC(C)(C)c1nc(C(=O)N2CCNCC2)n[nH]1. The van der Waals surface area contributed by atoms with E-state index < -0.39 is 0 Å². The van der Waals surface area contributed by atoms with Crippen LogP contribution < -0.4 is 5.32 Å². The highest BCUT2D eigenvalue weighted by Crippen LogP contribution is 2.17. The molecular formula is C11H19N5O. The molecule has 1 aromatic heterocycles. The van der Waals surface area contributed by atoms with Gasteiger partial charge in [0.15, 0.2) is 0 Å². The van der Waals surface area contributed by atoms with E-state index in [1.54, 1.807) is 4.90 Å². The molecule has 1 saturated heterocycles. The second-order valence-corrected chi connectivity index (χ2v) is 5.30. The zero-order valence-electron chi connectivity index (χ0n) is 10.6. The van der Waals surface area contributed by atoms with Crippen LogP contribution in [0.4, 0.5) is 0 Å². The Balaban J connectivity index is 2.11. The van der Waals surface area contributed by atoms with Gasteiger partial charge in [0.05, 0.1) is 0 Å². The average molecular weight is 237 g/mol. The summed E-state index contributed by atoms with van der Waals surface area (Å²) in [7, 11) is 0. The Hall–Kier alpha value is -1.43. The molecule has 6 nitrogen and oxygen atoms in total. The zero-order chi connectivity index (χ0) is 12.5. The minimum Gasteiger partial charge on any atom is -0.333 e. The maximum absolute atomic E-state index is 12.1. The topological polar surface area (TPSA) is 73.9 Å². The van der Waals surface area contributed by atoms with Crippen molar-refractivity contribution in [3.8, 4) is 0 Å². The molecule has 94 valence electrons. The fourth-order valence-electron chi connectivity index (χ4n) is 1.70. The largest absolute Gasteiger partial charge is 0.333 e. The monoisotopic (exact) mass is 237 g/mol. The van der Waals surface area contributed by atoms with E-state index in [-0.39, 0.29) is 17.1 Å². The summed E-state index contributed by atoms with van der Waals surface area (Å²) < 4.78 is 0. The number of piperazine rings is 1. The third-order valence-corrected chi connectivity index (χ3v) is 2.79. The number of rotatable bonds is 1. The maximum Gasteiger partial charge on any atom is 0.293 e. The van der Waals surface area contributed by atoms with Crippen molar-refractivity contribution in [2.75, 3.05) is 26.2 Å². The molecule has 1 fully saturated rings. The molecule has 0 saturated carbocycles. The number of carbonyl (C=O) groups excluding carboxylic acids is 1. The first kappa shape index (κ1) is 12.0. The molecule has 2 N–H and O–H groups in total. The lowest BCUT2D eigenvalue weighted by Crippen LogP contribution is -2.46. The number of H-pyrrole nitrogens is 1. The highest BCUT2D eigenvalue weighted by atomic mass is 16.2. The van der Waals surface area contributed by atoms with Crippen LogP contribution in [0.25, 0.3) is 0 Å². The number of hydrogen-bond acceptors (Lipinski definition) is 4. The zero-order valence-corrected chi connectivity index (χ0v) is 10.6. The molecule has 0 atom stereocenters. The van der Waals surface area contributed by atoms with Crippen molar-refractivity contribution in [2.45, 2.75) is 26.2 Å². The predicted octanol–water partition coefficient (Wildman–Crippen LogP) is 0.148. The standard InChI is InChI=1S/C11H19N5O/c1-11(2,3)10-13-8(14-15-10)9(17)16-6-4-12-5-7-16/h12H,4-7H2,1-3H3,(H,13,14,15). The Kier molecular flexibility index (Phi) is 3.15. The van der Waals surface area contributed by atoms with E-state index in [2.05, 4.69) is 20.5 Å². The van der Waals surface area contributed by atoms with E-state index in [0.29, 0.717) is 0 Å². The van der Waals surface area contributed by atoms with Crippen LogP contribution >= 0.6 is 0 Å². The first-order chi connectivity index (χ1) is 7.98. The number of aromatic nitrogens is 3. The van der Waals surface area contributed by atoms with Crippen LogP contribution in [0, 0.1) is 0 Å². The number of hydrogen-bond donors (Lipinski definition) is 2. The van der Waals surface area contributed by atoms with Gasteiger partial charge < -0.3 is 10.2 Å². The summed E-state index contributed by atoms with van der Waals surface area (Å²) >= 11 is 0. The van der Waals surface area contributed by atoms with Gasteiger partial charge in [0.2, 0.25) is 5.82 Å². The van der Waals surface area contributed by atoms with Gasteiger partial charge in [0, 0.05) is 31.6 Å². The van der Waals surface area contributed by atoms with E-state index in [0.717, 1.165) is 32.0 Å². The number of amides is 1. The van der Waals surface area contributed by atoms with Gasteiger partial charge in [-0.15, -0.1) is 5.10 Å². The average Bonchev–Trinajstić information content (AvgIpc) is 2.78. The van der Waals surface area contributed by atoms with Crippen LogP contribution in [0.2, 0.25) is 0 Å². The summed E-state index contributed by atoms with van der Waals surface area (Å²) in [6.07, 6.45) is 0. The van der Waals surface area contributed by atoms with Crippen molar-refractivity contribution in [2.24, 2.45) is 0 Å². The molecule has 0 bridgehead atoms. The number of carbonyl (C=O) groups is 1. The smallest absolute Gasteiger partial charge is 0.293 e. The van der Waals surface area contributed by atoms with Crippen molar-refractivity contribution in [1.82, 2.24) is 25.4 Å². The second-order valence-electron chi connectivity index (χ2n) is 5.30. The maximum atomic E-state index is 12.1. The van der Waals surface area contributed by atoms with Gasteiger partial charge >= 0.3 is 0 Å². The summed E-state index contributed by atoms with van der Waals surface area (Å²) in [5.74, 6) is 0.936. The quantitative estimate of drug-likeness (QED) is 0.729. The van der Waals surface area contributed by atoms with Crippen LogP contribution in [0.5, 0.6) is 0 Å². The van der Waals surface area contributed by atoms with E-state index >= 15 is 0 Å². The van der Waals surface area contributed by atoms with Crippen LogP contribution in [-0.4, -0.2) is 52.2 Å². The van der Waals surface area contributed by atoms with E-state index in [1.165, 1.54) is 0 Å². The minimum atomic E-state index is -0.116. The first-order valence-corrected chi connectivity index (χ1v) is 5.91. The minimum absolute atomic E-state index is 0.0850. The molecule has 1 aliphatic heterocycles. The third-order valence-electron chi connectivity index (χ3n) is 2.79.